The third-order valence-corrected chi connectivity index (χ3v) is 5.33. The van der Waals surface area contributed by atoms with Crippen LogP contribution >= 0.6 is 31.9 Å². The Kier molecular flexibility index (Phi) is 4.64. The highest BCUT2D eigenvalue weighted by atomic mass is 79.9. The lowest BCUT2D eigenvalue weighted by Crippen LogP contribution is -2.31. The molecule has 2 atom stereocenters. The number of rotatable bonds is 3. The van der Waals surface area contributed by atoms with Crippen molar-refractivity contribution >= 4 is 31.9 Å². The van der Waals surface area contributed by atoms with Gasteiger partial charge in [-0.25, -0.2) is 0 Å². The molecule has 0 radical (unpaired) electrons. The van der Waals surface area contributed by atoms with E-state index in [2.05, 4.69) is 61.9 Å². The summed E-state index contributed by atoms with van der Waals surface area (Å²) in [6.07, 6.45) is 1.29. The Balaban J connectivity index is 2.20. The summed E-state index contributed by atoms with van der Waals surface area (Å²) in [5.41, 5.74) is 7.25. The van der Waals surface area contributed by atoms with E-state index in [1.54, 1.807) is 0 Å². The molecule has 2 unspecified atom stereocenters. The molecule has 2 N–H and O–H groups in total. The standard InChI is InChI=1S/C13H18Br2N2/c1-9-4-5-17(8-9)13(7-16)10-2-3-11(14)12(15)6-10/h2-3,6,9,13H,4-5,7-8,16H2,1H3. The summed E-state index contributed by atoms with van der Waals surface area (Å²) < 4.78 is 2.19. The number of hydrogen-bond donors (Lipinski definition) is 1. The first-order valence-corrected chi connectivity index (χ1v) is 7.59. The molecule has 0 saturated carbocycles. The second-order valence-corrected chi connectivity index (χ2v) is 6.52. The fourth-order valence-corrected chi connectivity index (χ4v) is 3.11. The Morgan fingerprint density at radius 1 is 1.41 bits per heavy atom. The van der Waals surface area contributed by atoms with Gasteiger partial charge in [0.25, 0.3) is 0 Å². The molecule has 1 aliphatic heterocycles. The molecule has 0 aliphatic carbocycles. The zero-order valence-corrected chi connectivity index (χ0v) is 13.2. The summed E-state index contributed by atoms with van der Waals surface area (Å²) in [6.45, 7) is 5.32. The van der Waals surface area contributed by atoms with E-state index in [0.29, 0.717) is 12.6 Å². The Bertz CT molecular complexity index is 395. The van der Waals surface area contributed by atoms with Crippen LogP contribution < -0.4 is 5.73 Å². The normalized spacial score (nSPS) is 22.9. The third-order valence-electron chi connectivity index (χ3n) is 3.45. The largest absolute Gasteiger partial charge is 0.329 e. The first-order chi connectivity index (χ1) is 8.11. The minimum absolute atomic E-state index is 0.351. The van der Waals surface area contributed by atoms with Crippen LogP contribution in [-0.4, -0.2) is 24.5 Å². The molecule has 17 heavy (non-hydrogen) atoms. The number of benzene rings is 1. The van der Waals surface area contributed by atoms with Crippen molar-refractivity contribution in [1.82, 2.24) is 4.90 Å². The zero-order chi connectivity index (χ0) is 12.4. The minimum atomic E-state index is 0.351. The molecule has 4 heteroatoms. The van der Waals surface area contributed by atoms with Crippen LogP contribution in [0.4, 0.5) is 0 Å². The number of halogens is 2. The zero-order valence-electron chi connectivity index (χ0n) is 10.00. The molecule has 1 aliphatic rings. The molecular formula is C13H18Br2N2. The van der Waals surface area contributed by atoms with Gasteiger partial charge in [-0.2, -0.15) is 0 Å². The van der Waals surface area contributed by atoms with Gasteiger partial charge in [0, 0.05) is 28.1 Å². The van der Waals surface area contributed by atoms with Crippen LogP contribution in [0.25, 0.3) is 0 Å². The number of nitrogens with zero attached hydrogens (tertiary/aromatic N) is 1. The van der Waals surface area contributed by atoms with Gasteiger partial charge in [0.2, 0.25) is 0 Å². The van der Waals surface area contributed by atoms with Crippen LogP contribution in [0.3, 0.4) is 0 Å². The van der Waals surface area contributed by atoms with Crippen molar-refractivity contribution in [3.05, 3.63) is 32.7 Å². The molecule has 0 amide bonds. The van der Waals surface area contributed by atoms with E-state index in [1.165, 1.54) is 12.0 Å². The van der Waals surface area contributed by atoms with Crippen molar-refractivity contribution in [3.8, 4) is 0 Å². The van der Waals surface area contributed by atoms with Gasteiger partial charge in [-0.3, -0.25) is 4.90 Å². The second-order valence-electron chi connectivity index (χ2n) is 4.81. The number of likely N-dealkylation sites (tertiary alicyclic amines) is 1. The Hall–Kier alpha value is 0.1000. The smallest absolute Gasteiger partial charge is 0.0470 e. The van der Waals surface area contributed by atoms with Crippen molar-refractivity contribution in [2.45, 2.75) is 19.4 Å². The van der Waals surface area contributed by atoms with E-state index in [0.717, 1.165) is 28.0 Å². The molecule has 94 valence electrons. The van der Waals surface area contributed by atoms with E-state index in [9.17, 15) is 0 Å². The molecule has 0 aromatic heterocycles. The molecular weight excluding hydrogens is 344 g/mol. The van der Waals surface area contributed by atoms with Gasteiger partial charge < -0.3 is 5.73 Å². The first-order valence-electron chi connectivity index (χ1n) is 6.01. The van der Waals surface area contributed by atoms with Gasteiger partial charge in [0.05, 0.1) is 0 Å². The summed E-state index contributed by atoms with van der Waals surface area (Å²) in [5, 5.41) is 0. The molecule has 0 spiro atoms. The maximum absolute atomic E-state index is 5.95. The lowest BCUT2D eigenvalue weighted by atomic mass is 10.1. The van der Waals surface area contributed by atoms with E-state index >= 15 is 0 Å². The summed E-state index contributed by atoms with van der Waals surface area (Å²) >= 11 is 7.06. The molecule has 0 bridgehead atoms. The van der Waals surface area contributed by atoms with Crippen LogP contribution in [-0.2, 0) is 0 Å². The monoisotopic (exact) mass is 360 g/mol. The lowest BCUT2D eigenvalue weighted by Gasteiger charge is -2.27. The van der Waals surface area contributed by atoms with Gasteiger partial charge >= 0.3 is 0 Å². The Labute approximate surface area is 120 Å². The average Bonchev–Trinajstić information content (AvgIpc) is 2.71. The van der Waals surface area contributed by atoms with Crippen LogP contribution in [0, 0.1) is 5.92 Å². The summed E-state index contributed by atoms with van der Waals surface area (Å²) in [4.78, 5) is 2.50. The molecule has 1 saturated heterocycles. The first kappa shape index (κ1) is 13.5. The topological polar surface area (TPSA) is 29.3 Å². The SMILES string of the molecule is CC1CCN(C(CN)c2ccc(Br)c(Br)c2)C1. The van der Waals surface area contributed by atoms with Gasteiger partial charge in [0.1, 0.15) is 0 Å². The summed E-state index contributed by atoms with van der Waals surface area (Å²) in [7, 11) is 0. The van der Waals surface area contributed by atoms with Crippen LogP contribution in [0.5, 0.6) is 0 Å². The number of hydrogen-bond acceptors (Lipinski definition) is 2. The molecule has 1 aromatic carbocycles. The van der Waals surface area contributed by atoms with Crippen molar-refractivity contribution in [1.29, 1.82) is 0 Å². The highest BCUT2D eigenvalue weighted by Gasteiger charge is 2.26. The van der Waals surface area contributed by atoms with E-state index in [-0.39, 0.29) is 0 Å². The minimum Gasteiger partial charge on any atom is -0.329 e. The molecule has 2 nitrogen and oxygen atoms in total. The quantitative estimate of drug-likeness (QED) is 0.891. The maximum Gasteiger partial charge on any atom is 0.0470 e. The maximum atomic E-state index is 5.95. The molecule has 1 aromatic rings. The van der Waals surface area contributed by atoms with Gasteiger partial charge in [-0.1, -0.05) is 13.0 Å². The van der Waals surface area contributed by atoms with E-state index < -0.39 is 0 Å². The van der Waals surface area contributed by atoms with Gasteiger partial charge in [-0.05, 0) is 68.4 Å². The number of nitrogens with two attached hydrogens (primary N) is 1. The second kappa shape index (κ2) is 5.83. The lowest BCUT2D eigenvalue weighted by molar-refractivity contribution is 0.243. The summed E-state index contributed by atoms with van der Waals surface area (Å²) in [6, 6.07) is 6.77. The van der Waals surface area contributed by atoms with Crippen LogP contribution in [0.1, 0.15) is 24.9 Å². The van der Waals surface area contributed by atoms with Crippen LogP contribution in [0.15, 0.2) is 27.1 Å². The van der Waals surface area contributed by atoms with Crippen molar-refractivity contribution in [2.24, 2.45) is 11.7 Å². The van der Waals surface area contributed by atoms with E-state index in [4.69, 9.17) is 5.73 Å². The highest BCUT2D eigenvalue weighted by molar-refractivity contribution is 9.13. The molecule has 1 heterocycles. The van der Waals surface area contributed by atoms with Gasteiger partial charge in [-0.15, -0.1) is 0 Å². The predicted octanol–water partition coefficient (Wildman–Crippen LogP) is 3.55. The van der Waals surface area contributed by atoms with Crippen LogP contribution in [0.2, 0.25) is 0 Å². The van der Waals surface area contributed by atoms with E-state index in [1.807, 2.05) is 0 Å². The molecule has 1 fully saturated rings. The predicted molar refractivity (Wildman–Crippen MR) is 79.0 cm³/mol. The average molecular weight is 362 g/mol. The fraction of sp³-hybridized carbons (Fsp3) is 0.538. The summed E-state index contributed by atoms with van der Waals surface area (Å²) in [5.74, 6) is 0.794. The molecule has 2 rings (SSSR count). The fourth-order valence-electron chi connectivity index (χ4n) is 2.47. The van der Waals surface area contributed by atoms with Crippen molar-refractivity contribution in [3.63, 3.8) is 0 Å². The van der Waals surface area contributed by atoms with Crippen molar-refractivity contribution < 1.29 is 0 Å². The third kappa shape index (κ3) is 3.11. The van der Waals surface area contributed by atoms with Gasteiger partial charge in [0.15, 0.2) is 0 Å². The van der Waals surface area contributed by atoms with Crippen molar-refractivity contribution in [2.75, 3.05) is 19.6 Å². The Morgan fingerprint density at radius 2 is 2.18 bits per heavy atom. The highest BCUT2D eigenvalue weighted by Crippen LogP contribution is 2.31. The Morgan fingerprint density at radius 3 is 2.71 bits per heavy atom.